The molecule has 1 aliphatic heterocycles. The van der Waals surface area contributed by atoms with E-state index in [1.807, 2.05) is 0 Å². The number of carbonyl (C=O) groups is 1. The summed E-state index contributed by atoms with van der Waals surface area (Å²) >= 11 is 0. The maximum Gasteiger partial charge on any atom is 0.306 e. The van der Waals surface area contributed by atoms with Gasteiger partial charge in [0.25, 0.3) is 0 Å². The summed E-state index contributed by atoms with van der Waals surface area (Å²) < 4.78 is 5.45. The quantitative estimate of drug-likeness (QED) is 0.903. The van der Waals surface area contributed by atoms with E-state index in [1.54, 1.807) is 0 Å². The fourth-order valence-electron chi connectivity index (χ4n) is 3.88. The Balaban J connectivity index is 1.68. The van der Waals surface area contributed by atoms with Crippen LogP contribution < -0.4 is 0 Å². The smallest absolute Gasteiger partial charge is 0.306 e. The van der Waals surface area contributed by atoms with E-state index in [9.17, 15) is 4.79 Å². The number of rotatable bonds is 3. The second kappa shape index (κ2) is 3.83. The lowest BCUT2D eigenvalue weighted by Gasteiger charge is -2.43. The summed E-state index contributed by atoms with van der Waals surface area (Å²) in [4.78, 5) is 11.1. The molecule has 0 amide bonds. The number of aryl methyl sites for hydroxylation is 2. The Bertz CT molecular complexity index is 545. The average Bonchev–Trinajstić information content (AvgIpc) is 2.99. The van der Waals surface area contributed by atoms with E-state index < -0.39 is 5.97 Å². The molecular formula is C16H18O3. The van der Waals surface area contributed by atoms with Crippen molar-refractivity contribution < 1.29 is 14.6 Å². The van der Waals surface area contributed by atoms with Gasteiger partial charge in [0.05, 0.1) is 19.1 Å². The van der Waals surface area contributed by atoms with Crippen molar-refractivity contribution in [3.8, 4) is 0 Å². The first kappa shape index (κ1) is 11.5. The van der Waals surface area contributed by atoms with Gasteiger partial charge in [-0.05, 0) is 48.3 Å². The number of hydrogen-bond acceptors (Lipinski definition) is 2. The molecule has 1 aromatic carbocycles. The Morgan fingerprint density at radius 2 is 2.05 bits per heavy atom. The summed E-state index contributed by atoms with van der Waals surface area (Å²) in [6, 6.07) is 6.78. The molecule has 1 saturated carbocycles. The molecule has 3 heteroatoms. The van der Waals surface area contributed by atoms with Crippen molar-refractivity contribution in [2.75, 3.05) is 13.2 Å². The van der Waals surface area contributed by atoms with Gasteiger partial charge < -0.3 is 9.84 Å². The Hall–Kier alpha value is -1.35. The Kier molecular flexibility index (Phi) is 2.31. The van der Waals surface area contributed by atoms with E-state index in [1.165, 1.54) is 36.0 Å². The zero-order chi connectivity index (χ0) is 13.0. The number of aliphatic carboxylic acids is 1. The molecule has 0 radical (unpaired) electrons. The first-order valence-corrected chi connectivity index (χ1v) is 7.13. The molecule has 2 aliphatic carbocycles. The molecule has 2 fully saturated rings. The highest BCUT2D eigenvalue weighted by atomic mass is 16.5. The highest BCUT2D eigenvalue weighted by molar-refractivity contribution is 5.74. The second-order valence-corrected chi connectivity index (χ2v) is 6.27. The van der Waals surface area contributed by atoms with Crippen LogP contribution >= 0.6 is 0 Å². The lowest BCUT2D eigenvalue weighted by atomic mass is 9.73. The van der Waals surface area contributed by atoms with Crippen molar-refractivity contribution in [2.24, 2.45) is 11.8 Å². The van der Waals surface area contributed by atoms with Gasteiger partial charge in [0, 0.05) is 5.41 Å². The third-order valence-electron chi connectivity index (χ3n) is 5.21. The fourth-order valence-corrected chi connectivity index (χ4v) is 3.88. The van der Waals surface area contributed by atoms with Crippen LogP contribution in [-0.2, 0) is 27.8 Å². The SMILES string of the molecule is O=C(O)C1CC1C1(c2ccc3c(c2)CCC3)COC1. The van der Waals surface area contributed by atoms with Crippen LogP contribution in [0.3, 0.4) is 0 Å². The number of ether oxygens (including phenoxy) is 1. The summed E-state index contributed by atoms with van der Waals surface area (Å²) in [5, 5.41) is 9.17. The van der Waals surface area contributed by atoms with Gasteiger partial charge in [-0.2, -0.15) is 0 Å². The molecular weight excluding hydrogens is 240 g/mol. The standard InChI is InChI=1S/C16H18O3/c17-15(18)13-7-14(13)16(8-19-9-16)12-5-4-10-2-1-3-11(10)6-12/h4-6,13-14H,1-3,7-9H2,(H,17,18). The van der Waals surface area contributed by atoms with Crippen LogP contribution in [0.1, 0.15) is 29.5 Å². The van der Waals surface area contributed by atoms with E-state index in [2.05, 4.69) is 18.2 Å². The van der Waals surface area contributed by atoms with Gasteiger partial charge in [0.1, 0.15) is 0 Å². The van der Waals surface area contributed by atoms with Crippen molar-refractivity contribution in [2.45, 2.75) is 31.1 Å². The van der Waals surface area contributed by atoms with Crippen LogP contribution in [0.2, 0.25) is 0 Å². The normalized spacial score (nSPS) is 30.5. The van der Waals surface area contributed by atoms with Gasteiger partial charge in [-0.15, -0.1) is 0 Å². The number of carboxylic acids is 1. The molecule has 3 nitrogen and oxygen atoms in total. The van der Waals surface area contributed by atoms with E-state index >= 15 is 0 Å². The first-order chi connectivity index (χ1) is 9.21. The summed E-state index contributed by atoms with van der Waals surface area (Å²) in [5.74, 6) is -0.521. The van der Waals surface area contributed by atoms with Gasteiger partial charge in [0.15, 0.2) is 0 Å². The predicted molar refractivity (Wildman–Crippen MR) is 70.2 cm³/mol. The minimum Gasteiger partial charge on any atom is -0.481 e. The molecule has 1 heterocycles. The average molecular weight is 258 g/mol. The third kappa shape index (κ3) is 1.57. The summed E-state index contributed by atoms with van der Waals surface area (Å²) in [5.41, 5.74) is 4.25. The fraction of sp³-hybridized carbons (Fsp3) is 0.562. The molecule has 2 atom stereocenters. The van der Waals surface area contributed by atoms with Crippen LogP contribution in [0.25, 0.3) is 0 Å². The Labute approximate surface area is 112 Å². The van der Waals surface area contributed by atoms with Gasteiger partial charge in [-0.25, -0.2) is 0 Å². The topological polar surface area (TPSA) is 46.5 Å². The minimum absolute atomic E-state index is 0.0132. The van der Waals surface area contributed by atoms with Crippen molar-refractivity contribution in [1.82, 2.24) is 0 Å². The van der Waals surface area contributed by atoms with E-state index in [0.717, 1.165) is 6.42 Å². The lowest BCUT2D eigenvalue weighted by Crippen LogP contribution is -2.49. The van der Waals surface area contributed by atoms with Crippen molar-refractivity contribution in [1.29, 1.82) is 0 Å². The minimum atomic E-state index is -0.641. The maximum atomic E-state index is 11.1. The van der Waals surface area contributed by atoms with Crippen LogP contribution in [0.5, 0.6) is 0 Å². The summed E-state index contributed by atoms with van der Waals surface area (Å²) in [6.45, 7) is 1.39. The largest absolute Gasteiger partial charge is 0.481 e. The number of benzene rings is 1. The zero-order valence-corrected chi connectivity index (χ0v) is 10.9. The lowest BCUT2D eigenvalue weighted by molar-refractivity contribution is -0.140. The van der Waals surface area contributed by atoms with Crippen LogP contribution in [0, 0.1) is 11.8 Å². The Morgan fingerprint density at radius 1 is 1.26 bits per heavy atom. The summed E-state index contributed by atoms with van der Waals surface area (Å²) in [7, 11) is 0. The van der Waals surface area contributed by atoms with E-state index in [-0.39, 0.29) is 17.3 Å². The predicted octanol–water partition coefficient (Wildman–Crippen LogP) is 2.16. The highest BCUT2D eigenvalue weighted by Gasteiger charge is 2.60. The van der Waals surface area contributed by atoms with E-state index in [0.29, 0.717) is 13.2 Å². The first-order valence-electron chi connectivity index (χ1n) is 7.13. The number of hydrogen-bond donors (Lipinski definition) is 1. The van der Waals surface area contributed by atoms with Gasteiger partial charge >= 0.3 is 5.97 Å². The third-order valence-corrected chi connectivity index (χ3v) is 5.21. The zero-order valence-electron chi connectivity index (χ0n) is 10.9. The molecule has 3 aliphatic rings. The second-order valence-electron chi connectivity index (χ2n) is 6.27. The molecule has 100 valence electrons. The van der Waals surface area contributed by atoms with Crippen LogP contribution in [-0.4, -0.2) is 24.3 Å². The number of fused-ring (bicyclic) bond motifs is 1. The van der Waals surface area contributed by atoms with Crippen LogP contribution in [0.4, 0.5) is 0 Å². The molecule has 19 heavy (non-hydrogen) atoms. The van der Waals surface area contributed by atoms with Gasteiger partial charge in [-0.3, -0.25) is 4.79 Å². The molecule has 0 aromatic heterocycles. The van der Waals surface area contributed by atoms with E-state index in [4.69, 9.17) is 9.84 Å². The highest BCUT2D eigenvalue weighted by Crippen LogP contribution is 2.56. The molecule has 2 unspecified atom stereocenters. The Morgan fingerprint density at radius 3 is 2.68 bits per heavy atom. The van der Waals surface area contributed by atoms with Crippen LogP contribution in [0.15, 0.2) is 18.2 Å². The molecule has 1 aromatic rings. The van der Waals surface area contributed by atoms with Gasteiger partial charge in [0.2, 0.25) is 0 Å². The summed E-state index contributed by atoms with van der Waals surface area (Å²) in [6.07, 6.45) is 4.44. The maximum absolute atomic E-state index is 11.1. The molecule has 0 bridgehead atoms. The molecule has 1 N–H and O–H groups in total. The molecule has 1 saturated heterocycles. The van der Waals surface area contributed by atoms with Gasteiger partial charge in [-0.1, -0.05) is 18.2 Å². The number of carboxylic acid groups (broad SMARTS) is 1. The van der Waals surface area contributed by atoms with Crippen molar-refractivity contribution in [3.63, 3.8) is 0 Å². The van der Waals surface area contributed by atoms with Crippen molar-refractivity contribution >= 4 is 5.97 Å². The molecule has 0 spiro atoms. The van der Waals surface area contributed by atoms with Crippen molar-refractivity contribution in [3.05, 3.63) is 34.9 Å². The monoisotopic (exact) mass is 258 g/mol. The molecule has 4 rings (SSSR count).